The van der Waals surface area contributed by atoms with Gasteiger partial charge in [-0.3, -0.25) is 4.79 Å². The largest absolute Gasteiger partial charge is 0.366 e. The van der Waals surface area contributed by atoms with Crippen LogP contribution in [-0.2, 0) is 0 Å². The molecule has 1 rings (SSSR count). The van der Waals surface area contributed by atoms with E-state index in [1.54, 1.807) is 6.07 Å². The molecule has 2 nitrogen and oxygen atoms in total. The van der Waals surface area contributed by atoms with Crippen LogP contribution in [-0.4, -0.2) is 5.91 Å². The number of amides is 1. The first kappa shape index (κ1) is 7.57. The summed E-state index contributed by atoms with van der Waals surface area (Å²) in [7, 11) is 0. The summed E-state index contributed by atoms with van der Waals surface area (Å²) in [5.74, 6) is -0.464. The van der Waals surface area contributed by atoms with Crippen LogP contribution in [0.2, 0.25) is 4.34 Å². The number of carbonyl (C=O) groups is 1. The highest BCUT2D eigenvalue weighted by molar-refractivity contribution is 7.16. The van der Waals surface area contributed by atoms with Crippen molar-refractivity contribution >= 4 is 28.8 Å². The fraction of sp³-hybridized carbons (Fsp3) is 0.167. The average molecular weight is 176 g/mol. The van der Waals surface area contributed by atoms with Crippen molar-refractivity contribution in [3.8, 4) is 0 Å². The van der Waals surface area contributed by atoms with Crippen molar-refractivity contribution in [3.05, 3.63) is 20.8 Å². The van der Waals surface area contributed by atoms with Gasteiger partial charge in [0.25, 0.3) is 5.91 Å². The highest BCUT2D eigenvalue weighted by Crippen LogP contribution is 2.26. The van der Waals surface area contributed by atoms with Crippen LogP contribution in [0.1, 0.15) is 15.2 Å². The van der Waals surface area contributed by atoms with Gasteiger partial charge in [0, 0.05) is 4.88 Å². The average Bonchev–Trinajstić information content (AvgIpc) is 2.10. The molecule has 0 atom stereocenters. The summed E-state index contributed by atoms with van der Waals surface area (Å²) in [5.41, 5.74) is 5.43. The number of carbonyl (C=O) groups excluding carboxylic acids is 1. The normalized spacial score (nSPS) is 9.80. The molecular formula is C6H6ClNOS. The van der Waals surface area contributed by atoms with E-state index in [-0.39, 0.29) is 0 Å². The highest BCUT2D eigenvalue weighted by atomic mass is 35.5. The lowest BCUT2D eigenvalue weighted by Crippen LogP contribution is -2.09. The van der Waals surface area contributed by atoms with Crippen LogP contribution in [0.3, 0.4) is 0 Å². The summed E-state index contributed by atoms with van der Waals surface area (Å²) in [5, 5.41) is 0. The number of hydrogen-bond acceptors (Lipinski definition) is 2. The summed E-state index contributed by atoms with van der Waals surface area (Å²) < 4.78 is 0.477. The van der Waals surface area contributed by atoms with E-state index in [1.165, 1.54) is 11.3 Å². The number of thiophene rings is 1. The number of aryl methyl sites for hydroxylation is 1. The second kappa shape index (κ2) is 2.60. The second-order valence-corrected chi connectivity index (χ2v) is 3.77. The molecule has 1 heterocycles. The van der Waals surface area contributed by atoms with Crippen molar-refractivity contribution < 1.29 is 4.79 Å². The molecule has 0 aliphatic rings. The number of halogens is 1. The Kier molecular flexibility index (Phi) is 1.97. The third-order valence-corrected chi connectivity index (χ3v) is 2.35. The number of nitrogens with two attached hydrogens (primary N) is 1. The Balaban J connectivity index is 3.15. The maximum Gasteiger partial charge on any atom is 0.251 e. The molecule has 1 aromatic rings. The van der Waals surface area contributed by atoms with E-state index in [4.69, 9.17) is 17.3 Å². The van der Waals surface area contributed by atoms with E-state index in [1.807, 2.05) is 6.92 Å². The summed E-state index contributed by atoms with van der Waals surface area (Å²) in [6, 6.07) is 1.69. The van der Waals surface area contributed by atoms with Gasteiger partial charge in [0.15, 0.2) is 0 Å². The molecule has 10 heavy (non-hydrogen) atoms. The van der Waals surface area contributed by atoms with E-state index >= 15 is 0 Å². The highest BCUT2D eigenvalue weighted by Gasteiger charge is 2.08. The third kappa shape index (κ3) is 1.30. The van der Waals surface area contributed by atoms with Gasteiger partial charge in [-0.25, -0.2) is 0 Å². The minimum absolute atomic E-state index is 0.421. The molecule has 1 amide bonds. The van der Waals surface area contributed by atoms with Crippen molar-refractivity contribution in [1.82, 2.24) is 0 Å². The molecule has 1 aromatic heterocycles. The molecule has 54 valence electrons. The van der Waals surface area contributed by atoms with Crippen LogP contribution in [0.4, 0.5) is 0 Å². The Hall–Kier alpha value is -0.540. The van der Waals surface area contributed by atoms with E-state index in [0.29, 0.717) is 9.90 Å². The second-order valence-electron chi connectivity index (χ2n) is 1.91. The van der Waals surface area contributed by atoms with Gasteiger partial charge in [-0.05, 0) is 13.0 Å². The minimum Gasteiger partial charge on any atom is -0.366 e. The summed E-state index contributed by atoms with van der Waals surface area (Å²) in [6.45, 7) is 1.88. The van der Waals surface area contributed by atoms with Gasteiger partial charge in [-0.2, -0.15) is 0 Å². The topological polar surface area (TPSA) is 43.1 Å². The summed E-state index contributed by atoms with van der Waals surface area (Å²) in [6.07, 6.45) is 0. The SMILES string of the molecule is Cc1cc(C(N)=O)c(Cl)s1. The predicted molar refractivity (Wildman–Crippen MR) is 42.6 cm³/mol. The monoisotopic (exact) mass is 175 g/mol. The lowest BCUT2D eigenvalue weighted by atomic mass is 10.3. The first-order valence-corrected chi connectivity index (χ1v) is 3.86. The first-order chi connectivity index (χ1) is 4.61. The molecule has 0 saturated carbocycles. The van der Waals surface area contributed by atoms with Crippen LogP contribution in [0.25, 0.3) is 0 Å². The molecule has 0 bridgehead atoms. The number of rotatable bonds is 1. The Labute approximate surface area is 67.6 Å². The minimum atomic E-state index is -0.464. The molecule has 2 N–H and O–H groups in total. The fourth-order valence-electron chi connectivity index (χ4n) is 0.654. The Bertz CT molecular complexity index is 269. The molecule has 0 aliphatic heterocycles. The van der Waals surface area contributed by atoms with Crippen molar-refractivity contribution in [3.63, 3.8) is 0 Å². The van der Waals surface area contributed by atoms with Gasteiger partial charge in [0.1, 0.15) is 4.34 Å². The van der Waals surface area contributed by atoms with E-state index < -0.39 is 5.91 Å². The molecule has 0 saturated heterocycles. The Morgan fingerprint density at radius 2 is 2.40 bits per heavy atom. The van der Waals surface area contributed by atoms with E-state index in [9.17, 15) is 4.79 Å². The maximum absolute atomic E-state index is 10.6. The number of primary amides is 1. The van der Waals surface area contributed by atoms with Crippen LogP contribution < -0.4 is 5.73 Å². The van der Waals surface area contributed by atoms with Crippen molar-refractivity contribution in [2.45, 2.75) is 6.92 Å². The number of hydrogen-bond donors (Lipinski definition) is 1. The lowest BCUT2D eigenvalue weighted by Gasteiger charge is -1.85. The van der Waals surface area contributed by atoms with Gasteiger partial charge in [0.05, 0.1) is 5.56 Å². The van der Waals surface area contributed by atoms with Crippen LogP contribution >= 0.6 is 22.9 Å². The lowest BCUT2D eigenvalue weighted by molar-refractivity contribution is 0.100. The Morgan fingerprint density at radius 3 is 2.60 bits per heavy atom. The van der Waals surface area contributed by atoms with Gasteiger partial charge >= 0.3 is 0 Å². The third-order valence-electron chi connectivity index (χ3n) is 1.08. The molecule has 4 heteroatoms. The molecule has 0 unspecified atom stereocenters. The summed E-state index contributed by atoms with van der Waals surface area (Å²) in [4.78, 5) is 11.6. The maximum atomic E-state index is 10.6. The molecule has 0 fully saturated rings. The first-order valence-electron chi connectivity index (χ1n) is 2.67. The van der Waals surface area contributed by atoms with E-state index in [2.05, 4.69) is 0 Å². The van der Waals surface area contributed by atoms with Gasteiger partial charge in [0.2, 0.25) is 0 Å². The zero-order valence-corrected chi connectivity index (χ0v) is 6.92. The van der Waals surface area contributed by atoms with Crippen LogP contribution in [0.15, 0.2) is 6.07 Å². The molecule has 0 spiro atoms. The van der Waals surface area contributed by atoms with Crippen LogP contribution in [0.5, 0.6) is 0 Å². The molecule has 0 radical (unpaired) electrons. The van der Waals surface area contributed by atoms with Crippen molar-refractivity contribution in [1.29, 1.82) is 0 Å². The molecular weight excluding hydrogens is 170 g/mol. The van der Waals surface area contributed by atoms with Crippen molar-refractivity contribution in [2.75, 3.05) is 0 Å². The molecule has 0 aliphatic carbocycles. The van der Waals surface area contributed by atoms with Gasteiger partial charge in [-0.15, -0.1) is 11.3 Å². The predicted octanol–water partition coefficient (Wildman–Crippen LogP) is 1.81. The van der Waals surface area contributed by atoms with Gasteiger partial charge < -0.3 is 5.73 Å². The zero-order valence-electron chi connectivity index (χ0n) is 5.35. The Morgan fingerprint density at radius 1 is 1.80 bits per heavy atom. The van der Waals surface area contributed by atoms with E-state index in [0.717, 1.165) is 4.88 Å². The standard InChI is InChI=1S/C6H6ClNOS/c1-3-2-4(6(8)9)5(7)10-3/h2H,1H3,(H2,8,9). The van der Waals surface area contributed by atoms with Gasteiger partial charge in [-0.1, -0.05) is 11.6 Å². The molecule has 0 aromatic carbocycles. The fourth-order valence-corrected chi connectivity index (χ4v) is 1.90. The summed E-state index contributed by atoms with van der Waals surface area (Å²) >= 11 is 7.02. The smallest absolute Gasteiger partial charge is 0.251 e. The van der Waals surface area contributed by atoms with Crippen LogP contribution in [0, 0.1) is 6.92 Å². The van der Waals surface area contributed by atoms with Crippen molar-refractivity contribution in [2.24, 2.45) is 5.73 Å². The zero-order chi connectivity index (χ0) is 7.72. The quantitative estimate of drug-likeness (QED) is 0.695.